The third kappa shape index (κ3) is 6.99. The van der Waals surface area contributed by atoms with Crippen molar-refractivity contribution in [2.75, 3.05) is 6.61 Å². The minimum atomic E-state index is -0.833. The quantitative estimate of drug-likeness (QED) is 0.586. The Labute approximate surface area is 189 Å². The fraction of sp³-hybridized carbons (Fsp3) is 0.364. The first-order valence-electron chi connectivity index (χ1n) is 9.40. The molecule has 0 spiro atoms. The van der Waals surface area contributed by atoms with Gasteiger partial charge in [0.05, 0.1) is 5.02 Å². The second-order valence-corrected chi connectivity index (χ2v) is 9.21. The first-order valence-corrected chi connectivity index (χ1v) is 10.6. The minimum absolute atomic E-state index is 0.0678. The highest BCUT2D eigenvalue weighted by Gasteiger charge is 2.29. The lowest BCUT2D eigenvalue weighted by Gasteiger charge is -2.31. The highest BCUT2D eigenvalue weighted by atomic mass is 79.9. The van der Waals surface area contributed by atoms with Crippen LogP contribution in [0.15, 0.2) is 46.9 Å². The van der Waals surface area contributed by atoms with Crippen LogP contribution < -0.4 is 10.1 Å². The molecule has 2 amide bonds. The molecule has 2 rings (SSSR count). The summed E-state index contributed by atoms with van der Waals surface area (Å²) in [7, 11) is 0. The van der Waals surface area contributed by atoms with Gasteiger partial charge in [0.25, 0.3) is 5.91 Å². The summed E-state index contributed by atoms with van der Waals surface area (Å²) in [6.07, 6.45) is 0. The van der Waals surface area contributed by atoms with E-state index < -0.39 is 23.3 Å². The number of carbonyl (C=O) groups is 2. The Morgan fingerprint density at radius 1 is 1.23 bits per heavy atom. The first-order chi connectivity index (χ1) is 14.0. The van der Waals surface area contributed by atoms with E-state index in [0.717, 1.165) is 4.47 Å². The van der Waals surface area contributed by atoms with Crippen LogP contribution in [0.25, 0.3) is 0 Å². The maximum absolute atomic E-state index is 14.2. The van der Waals surface area contributed by atoms with E-state index in [-0.39, 0.29) is 19.1 Å². The normalized spacial score (nSPS) is 12.2. The number of nitrogens with zero attached hydrogens (tertiary/aromatic N) is 1. The lowest BCUT2D eigenvalue weighted by molar-refractivity contribution is -0.142. The van der Waals surface area contributed by atoms with E-state index in [1.807, 2.05) is 20.8 Å². The fourth-order valence-corrected chi connectivity index (χ4v) is 3.41. The Balaban J connectivity index is 2.21. The molecule has 0 aliphatic carbocycles. The predicted octanol–water partition coefficient (Wildman–Crippen LogP) is 4.95. The number of rotatable bonds is 7. The van der Waals surface area contributed by atoms with Gasteiger partial charge in [-0.2, -0.15) is 0 Å². The Hall–Kier alpha value is -2.12. The molecule has 162 valence electrons. The summed E-state index contributed by atoms with van der Waals surface area (Å²) in [5.74, 6) is -0.913. The molecular weight excluding hydrogens is 475 g/mol. The molecule has 0 saturated carbocycles. The van der Waals surface area contributed by atoms with E-state index in [2.05, 4.69) is 21.2 Å². The second kappa shape index (κ2) is 10.3. The summed E-state index contributed by atoms with van der Waals surface area (Å²) in [5, 5.41) is 3.19. The lowest BCUT2D eigenvalue weighted by Crippen LogP contribution is -2.53. The summed E-state index contributed by atoms with van der Waals surface area (Å²) in [5.41, 5.74) is -0.164. The van der Waals surface area contributed by atoms with Crippen molar-refractivity contribution in [2.45, 2.75) is 45.8 Å². The van der Waals surface area contributed by atoms with Gasteiger partial charge in [-0.25, -0.2) is 4.39 Å². The number of halogens is 3. The number of hydrogen-bond donors (Lipinski definition) is 1. The summed E-state index contributed by atoms with van der Waals surface area (Å²) in [4.78, 5) is 26.9. The molecule has 5 nitrogen and oxygen atoms in total. The van der Waals surface area contributed by atoms with Crippen molar-refractivity contribution < 1.29 is 18.7 Å². The van der Waals surface area contributed by atoms with Crippen molar-refractivity contribution in [3.63, 3.8) is 0 Å². The fourth-order valence-electron chi connectivity index (χ4n) is 2.68. The third-order valence-electron chi connectivity index (χ3n) is 4.21. The van der Waals surface area contributed by atoms with Gasteiger partial charge in [-0.3, -0.25) is 9.59 Å². The maximum atomic E-state index is 14.2. The van der Waals surface area contributed by atoms with Gasteiger partial charge in [0.1, 0.15) is 17.6 Å². The average molecular weight is 500 g/mol. The molecule has 1 N–H and O–H groups in total. The summed E-state index contributed by atoms with van der Waals surface area (Å²) >= 11 is 9.44. The van der Waals surface area contributed by atoms with Crippen LogP contribution in [-0.4, -0.2) is 34.9 Å². The van der Waals surface area contributed by atoms with Crippen LogP contribution in [0.4, 0.5) is 4.39 Å². The standard InChI is InChI=1S/C22H25BrClFN2O3/c1-14(21(29)26-22(2,3)4)27(12-15-7-5-6-8-18(15)25)20(28)13-30-19-10-9-16(23)11-17(19)24/h5-11,14H,12-13H2,1-4H3,(H,26,29)/t14-/m0/s1. The number of amides is 2. The van der Waals surface area contributed by atoms with Crippen LogP contribution in [0.5, 0.6) is 5.75 Å². The lowest BCUT2D eigenvalue weighted by atomic mass is 10.1. The molecule has 1 atom stereocenters. The molecule has 0 bridgehead atoms. The number of benzene rings is 2. The monoisotopic (exact) mass is 498 g/mol. The van der Waals surface area contributed by atoms with Crippen LogP contribution in [0, 0.1) is 5.82 Å². The molecule has 0 heterocycles. The molecule has 0 aromatic heterocycles. The maximum Gasteiger partial charge on any atom is 0.261 e. The van der Waals surface area contributed by atoms with Gasteiger partial charge in [0, 0.05) is 22.1 Å². The van der Waals surface area contributed by atoms with Crippen molar-refractivity contribution in [1.29, 1.82) is 0 Å². The number of nitrogens with one attached hydrogen (secondary N) is 1. The Morgan fingerprint density at radius 3 is 2.50 bits per heavy atom. The zero-order chi connectivity index (χ0) is 22.5. The molecular formula is C22H25BrClFN2O3. The van der Waals surface area contributed by atoms with E-state index in [9.17, 15) is 14.0 Å². The van der Waals surface area contributed by atoms with Crippen LogP contribution in [0.3, 0.4) is 0 Å². The van der Waals surface area contributed by atoms with Crippen molar-refractivity contribution in [1.82, 2.24) is 10.2 Å². The van der Waals surface area contributed by atoms with Crippen LogP contribution in [0.2, 0.25) is 5.02 Å². The molecule has 30 heavy (non-hydrogen) atoms. The van der Waals surface area contributed by atoms with Crippen LogP contribution in [0.1, 0.15) is 33.3 Å². The topological polar surface area (TPSA) is 58.6 Å². The van der Waals surface area contributed by atoms with Crippen molar-refractivity contribution >= 4 is 39.3 Å². The number of hydrogen-bond acceptors (Lipinski definition) is 3. The summed E-state index contributed by atoms with van der Waals surface area (Å²) in [6.45, 7) is 6.73. The van der Waals surface area contributed by atoms with Gasteiger partial charge in [-0.05, 0) is 52.0 Å². The van der Waals surface area contributed by atoms with Crippen molar-refractivity contribution in [3.8, 4) is 5.75 Å². The smallest absolute Gasteiger partial charge is 0.261 e. The van der Waals surface area contributed by atoms with Gasteiger partial charge in [-0.1, -0.05) is 45.7 Å². The number of ether oxygens (including phenoxy) is 1. The molecule has 8 heteroatoms. The predicted molar refractivity (Wildman–Crippen MR) is 119 cm³/mol. The van der Waals surface area contributed by atoms with Gasteiger partial charge in [0.15, 0.2) is 6.61 Å². The zero-order valence-corrected chi connectivity index (χ0v) is 19.7. The molecule has 2 aromatic carbocycles. The van der Waals surface area contributed by atoms with Gasteiger partial charge in [0.2, 0.25) is 5.91 Å². The molecule has 0 aliphatic rings. The van der Waals surface area contributed by atoms with Crippen molar-refractivity contribution in [3.05, 3.63) is 63.3 Å². The average Bonchev–Trinajstić information content (AvgIpc) is 2.64. The molecule has 0 aliphatic heterocycles. The van der Waals surface area contributed by atoms with Gasteiger partial charge >= 0.3 is 0 Å². The summed E-state index contributed by atoms with van der Waals surface area (Å²) < 4.78 is 20.5. The van der Waals surface area contributed by atoms with E-state index in [0.29, 0.717) is 16.3 Å². The zero-order valence-electron chi connectivity index (χ0n) is 17.3. The Bertz CT molecular complexity index is 917. The number of carbonyl (C=O) groups excluding carboxylic acids is 2. The second-order valence-electron chi connectivity index (χ2n) is 7.89. The van der Waals surface area contributed by atoms with E-state index in [1.165, 1.54) is 11.0 Å². The van der Waals surface area contributed by atoms with Gasteiger partial charge < -0.3 is 15.0 Å². The Morgan fingerprint density at radius 2 is 1.90 bits per heavy atom. The highest BCUT2D eigenvalue weighted by molar-refractivity contribution is 9.10. The van der Waals surface area contributed by atoms with E-state index >= 15 is 0 Å². The van der Waals surface area contributed by atoms with Gasteiger partial charge in [-0.15, -0.1) is 0 Å². The van der Waals surface area contributed by atoms with E-state index in [4.69, 9.17) is 16.3 Å². The first kappa shape index (κ1) is 24.2. The molecule has 0 radical (unpaired) electrons. The molecule has 0 unspecified atom stereocenters. The molecule has 0 saturated heterocycles. The molecule has 2 aromatic rings. The third-order valence-corrected chi connectivity index (χ3v) is 5.00. The van der Waals surface area contributed by atoms with Crippen molar-refractivity contribution in [2.24, 2.45) is 0 Å². The van der Waals surface area contributed by atoms with E-state index in [1.54, 1.807) is 43.3 Å². The SMILES string of the molecule is C[C@@H](C(=O)NC(C)(C)C)N(Cc1ccccc1F)C(=O)COc1ccc(Br)cc1Cl. The summed E-state index contributed by atoms with van der Waals surface area (Å²) in [6, 6.07) is 10.3. The van der Waals surface area contributed by atoms with Crippen LogP contribution >= 0.6 is 27.5 Å². The Kier molecular flexibility index (Phi) is 8.26. The minimum Gasteiger partial charge on any atom is -0.482 e. The largest absolute Gasteiger partial charge is 0.482 e. The molecule has 0 fully saturated rings. The highest BCUT2D eigenvalue weighted by Crippen LogP contribution is 2.27. The van der Waals surface area contributed by atoms with Crippen LogP contribution in [-0.2, 0) is 16.1 Å².